The Morgan fingerprint density at radius 2 is 2.09 bits per heavy atom. The molecule has 0 saturated heterocycles. The molecule has 0 amide bonds. The van der Waals surface area contributed by atoms with Crippen molar-refractivity contribution in [1.29, 1.82) is 0 Å². The molecule has 0 fully saturated rings. The van der Waals surface area contributed by atoms with Crippen LogP contribution >= 0.6 is 11.6 Å². The molecule has 0 aliphatic rings. The summed E-state index contributed by atoms with van der Waals surface area (Å²) >= 11 is 10.6. The molecule has 0 aliphatic heterocycles. The van der Waals surface area contributed by atoms with Crippen molar-refractivity contribution in [2.45, 2.75) is 4.90 Å². The van der Waals surface area contributed by atoms with Gasteiger partial charge in [0.1, 0.15) is 5.75 Å². The summed E-state index contributed by atoms with van der Waals surface area (Å²) in [6, 6.07) is 5.23. The molecule has 1 rings (SSSR count). The molecule has 0 unspecified atom stereocenters. The third kappa shape index (κ3) is 3.18. The summed E-state index contributed by atoms with van der Waals surface area (Å²) in [6.45, 7) is 0. The minimum absolute atomic E-state index is 0. The predicted octanol–water partition coefficient (Wildman–Crippen LogP) is -0.742. The fourth-order valence-corrected chi connectivity index (χ4v) is 0.906. The van der Waals surface area contributed by atoms with E-state index in [0.717, 1.165) is 5.75 Å². The van der Waals surface area contributed by atoms with Crippen LogP contribution in [-0.4, -0.2) is 7.11 Å². The first-order chi connectivity index (χ1) is 4.74. The molecule has 0 spiro atoms. The molecule has 0 radical (unpaired) electrons. The van der Waals surface area contributed by atoms with E-state index < -0.39 is 0 Å². The molecule has 0 bridgehead atoms. The average Bonchev–Trinajstić information content (AvgIpc) is 1.95. The van der Waals surface area contributed by atoms with E-state index in [4.69, 9.17) is 29.0 Å². The molecule has 0 aromatic heterocycles. The van der Waals surface area contributed by atoms with E-state index in [-0.39, 0.29) is 29.6 Å². The minimum atomic E-state index is 0. The summed E-state index contributed by atoms with van der Waals surface area (Å²) in [5.41, 5.74) is 0. The molecule has 0 atom stereocenters. The predicted molar refractivity (Wildman–Crippen MR) is 43.6 cm³/mol. The Morgan fingerprint density at radius 1 is 1.45 bits per heavy atom. The van der Waals surface area contributed by atoms with Crippen molar-refractivity contribution in [1.82, 2.24) is 0 Å². The molecule has 4 heteroatoms. The van der Waals surface area contributed by atoms with Gasteiger partial charge in [0.15, 0.2) is 0 Å². The number of methoxy groups -OCH3 is 1. The summed E-state index contributed by atoms with van der Waals surface area (Å²) < 4.78 is 4.92. The van der Waals surface area contributed by atoms with Crippen molar-refractivity contribution in [3.8, 4) is 5.75 Å². The van der Waals surface area contributed by atoms with Crippen LogP contribution in [0.25, 0.3) is 0 Å². The molecular weight excluding hydrogens is 191 g/mol. The smallest absolute Gasteiger partial charge is 0.778 e. The van der Waals surface area contributed by atoms with Gasteiger partial charge in [0.25, 0.3) is 0 Å². The van der Waals surface area contributed by atoms with Crippen LogP contribution in [0, 0.1) is 0 Å². The monoisotopic (exact) mass is 196 g/mol. The van der Waals surface area contributed by atoms with Gasteiger partial charge in [-0.25, -0.2) is 0 Å². The maximum atomic E-state index is 5.71. The van der Waals surface area contributed by atoms with E-state index in [9.17, 15) is 0 Å². The summed E-state index contributed by atoms with van der Waals surface area (Å²) in [5, 5.41) is 0.564. The normalized spacial score (nSPS) is 8.55. The van der Waals surface area contributed by atoms with E-state index in [1.54, 1.807) is 25.3 Å². The van der Waals surface area contributed by atoms with Crippen LogP contribution < -0.4 is 34.3 Å². The van der Waals surface area contributed by atoms with Gasteiger partial charge in [0.2, 0.25) is 0 Å². The summed E-state index contributed by atoms with van der Waals surface area (Å²) in [4.78, 5) is 0.655. The van der Waals surface area contributed by atoms with Crippen LogP contribution in [0.3, 0.4) is 0 Å². The third-order valence-electron chi connectivity index (χ3n) is 1.14. The van der Waals surface area contributed by atoms with Crippen molar-refractivity contribution < 1.29 is 34.3 Å². The average molecular weight is 197 g/mol. The van der Waals surface area contributed by atoms with Crippen molar-refractivity contribution >= 4 is 24.2 Å². The van der Waals surface area contributed by atoms with E-state index in [1.807, 2.05) is 0 Å². The van der Waals surface area contributed by atoms with Gasteiger partial charge in [0, 0.05) is 5.02 Å². The van der Waals surface area contributed by atoms with Crippen LogP contribution in [0.2, 0.25) is 5.02 Å². The quantitative estimate of drug-likeness (QED) is 0.432. The van der Waals surface area contributed by atoms with Gasteiger partial charge >= 0.3 is 29.6 Å². The van der Waals surface area contributed by atoms with Crippen molar-refractivity contribution in [2.75, 3.05) is 7.11 Å². The van der Waals surface area contributed by atoms with Gasteiger partial charge in [-0.2, -0.15) is 4.90 Å². The van der Waals surface area contributed by atoms with Gasteiger partial charge in [-0.1, -0.05) is 17.7 Å². The van der Waals surface area contributed by atoms with Crippen LogP contribution in [-0.2, 0) is 12.6 Å². The maximum absolute atomic E-state index is 5.71. The molecule has 54 valence electrons. The number of ether oxygens (including phenoxy) is 1. The number of rotatable bonds is 1. The van der Waals surface area contributed by atoms with Crippen molar-refractivity contribution in [3.05, 3.63) is 23.2 Å². The zero-order chi connectivity index (χ0) is 7.56. The Morgan fingerprint density at radius 3 is 2.55 bits per heavy atom. The Hall–Kier alpha value is 0.530. The molecule has 0 saturated carbocycles. The maximum Gasteiger partial charge on any atom is 1.00 e. The second-order valence-electron chi connectivity index (χ2n) is 1.80. The van der Waals surface area contributed by atoms with Crippen LogP contribution in [0.5, 0.6) is 5.75 Å². The number of benzene rings is 1. The van der Waals surface area contributed by atoms with Gasteiger partial charge in [0.05, 0.1) is 7.11 Å². The van der Waals surface area contributed by atoms with Crippen molar-refractivity contribution in [2.24, 2.45) is 0 Å². The fraction of sp³-hybridized carbons (Fsp3) is 0.143. The molecular formula is C7H6ClNaOS. The van der Waals surface area contributed by atoms with Crippen molar-refractivity contribution in [3.63, 3.8) is 0 Å². The standard InChI is InChI=1S/C7H7ClOS.Na/c1-9-5-2-3-7(10)6(8)4-5;/h2-4,10H,1H3;/q;+1/p-1. The van der Waals surface area contributed by atoms with Gasteiger partial charge < -0.3 is 17.4 Å². The van der Waals surface area contributed by atoms with E-state index in [1.165, 1.54) is 0 Å². The third-order valence-corrected chi connectivity index (χ3v) is 1.92. The van der Waals surface area contributed by atoms with Gasteiger partial charge in [-0.3, -0.25) is 0 Å². The summed E-state index contributed by atoms with van der Waals surface area (Å²) in [6.07, 6.45) is 0. The van der Waals surface area contributed by atoms with Gasteiger partial charge in [-0.15, -0.1) is 0 Å². The van der Waals surface area contributed by atoms with Crippen LogP contribution in [0.15, 0.2) is 23.1 Å². The zero-order valence-electron chi connectivity index (χ0n) is 6.43. The first kappa shape index (κ1) is 11.5. The van der Waals surface area contributed by atoms with E-state index >= 15 is 0 Å². The minimum Gasteiger partial charge on any atom is -0.778 e. The molecule has 11 heavy (non-hydrogen) atoms. The van der Waals surface area contributed by atoms with Crippen LogP contribution in [0.1, 0.15) is 0 Å². The first-order valence-corrected chi connectivity index (χ1v) is 3.53. The number of halogens is 1. The van der Waals surface area contributed by atoms with Gasteiger partial charge in [-0.05, 0) is 12.1 Å². The Labute approximate surface area is 98.8 Å². The largest absolute Gasteiger partial charge is 1.00 e. The summed E-state index contributed by atoms with van der Waals surface area (Å²) in [7, 11) is 1.59. The first-order valence-electron chi connectivity index (χ1n) is 2.74. The SMILES string of the molecule is COc1ccc([S-])c(Cl)c1.[Na+]. The Balaban J connectivity index is 0.000001000. The topological polar surface area (TPSA) is 9.23 Å². The molecule has 0 heterocycles. The molecule has 1 aromatic carbocycles. The Kier molecular flexibility index (Phi) is 5.48. The molecule has 1 nitrogen and oxygen atoms in total. The fourth-order valence-electron chi connectivity index (χ4n) is 0.609. The summed E-state index contributed by atoms with van der Waals surface area (Å²) in [5.74, 6) is 0.735. The zero-order valence-corrected chi connectivity index (χ0v) is 10.00. The second kappa shape index (κ2) is 5.22. The second-order valence-corrected chi connectivity index (χ2v) is 2.64. The van der Waals surface area contributed by atoms with Crippen LogP contribution in [0.4, 0.5) is 0 Å². The Bertz CT molecular complexity index is 242. The molecule has 0 N–H and O–H groups in total. The van der Waals surface area contributed by atoms with E-state index in [2.05, 4.69) is 0 Å². The van der Waals surface area contributed by atoms with E-state index in [0.29, 0.717) is 9.92 Å². The molecule has 0 aliphatic carbocycles. The number of hydrogen-bond acceptors (Lipinski definition) is 2. The number of hydrogen-bond donors (Lipinski definition) is 0. The molecule has 1 aromatic rings.